The normalized spacial score (nSPS) is 17.6. The minimum absolute atomic E-state index is 0.0505. The number of hydrogen-bond donors (Lipinski definition) is 0. The van der Waals surface area contributed by atoms with Crippen LogP contribution in [0.25, 0.3) is 0 Å². The molecule has 0 radical (unpaired) electrons. The SMILES string of the molecule is COCC(=O)N(C)C[C@H]1CC(c2ccc(F)cc2)=NO1. The molecule has 0 fully saturated rings. The maximum absolute atomic E-state index is 12.9. The van der Waals surface area contributed by atoms with Crippen molar-refractivity contribution in [3.8, 4) is 0 Å². The van der Waals surface area contributed by atoms with Crippen LogP contribution in [0.2, 0.25) is 0 Å². The number of halogens is 1. The highest BCUT2D eigenvalue weighted by atomic mass is 19.1. The zero-order valence-electron chi connectivity index (χ0n) is 11.5. The summed E-state index contributed by atoms with van der Waals surface area (Å²) in [5, 5.41) is 4.00. The van der Waals surface area contributed by atoms with E-state index in [2.05, 4.69) is 5.16 Å². The van der Waals surface area contributed by atoms with Gasteiger partial charge in [-0.25, -0.2) is 4.39 Å². The van der Waals surface area contributed by atoms with Gasteiger partial charge in [0.2, 0.25) is 5.91 Å². The van der Waals surface area contributed by atoms with Crippen LogP contribution in [0.4, 0.5) is 4.39 Å². The molecular formula is C14H17FN2O3. The van der Waals surface area contributed by atoms with E-state index in [1.54, 1.807) is 24.1 Å². The van der Waals surface area contributed by atoms with Crippen molar-refractivity contribution in [2.45, 2.75) is 12.5 Å². The molecule has 1 atom stereocenters. The maximum Gasteiger partial charge on any atom is 0.248 e. The van der Waals surface area contributed by atoms with Crippen molar-refractivity contribution in [2.24, 2.45) is 5.16 Å². The highest BCUT2D eigenvalue weighted by Crippen LogP contribution is 2.17. The molecule has 1 amide bonds. The number of methoxy groups -OCH3 is 1. The molecule has 1 aromatic rings. The molecule has 1 aliphatic heterocycles. The monoisotopic (exact) mass is 280 g/mol. The number of hydrogen-bond acceptors (Lipinski definition) is 4. The number of amides is 1. The number of oxime groups is 1. The van der Waals surface area contributed by atoms with Gasteiger partial charge in [-0.3, -0.25) is 4.79 Å². The first-order valence-electron chi connectivity index (χ1n) is 6.31. The largest absolute Gasteiger partial charge is 0.390 e. The third-order valence-electron chi connectivity index (χ3n) is 3.08. The summed E-state index contributed by atoms with van der Waals surface area (Å²) in [5.74, 6) is -0.388. The highest BCUT2D eigenvalue weighted by Gasteiger charge is 2.25. The molecule has 0 unspecified atom stereocenters. The van der Waals surface area contributed by atoms with Gasteiger partial charge in [0.1, 0.15) is 12.4 Å². The quantitative estimate of drug-likeness (QED) is 0.819. The zero-order valence-corrected chi connectivity index (χ0v) is 11.5. The van der Waals surface area contributed by atoms with Crippen LogP contribution in [0.1, 0.15) is 12.0 Å². The van der Waals surface area contributed by atoms with E-state index in [4.69, 9.17) is 9.57 Å². The van der Waals surface area contributed by atoms with Crippen molar-refractivity contribution >= 4 is 11.6 Å². The molecule has 6 heteroatoms. The van der Waals surface area contributed by atoms with Gasteiger partial charge in [-0.15, -0.1) is 0 Å². The Bertz CT molecular complexity index is 502. The van der Waals surface area contributed by atoms with Crippen molar-refractivity contribution in [1.82, 2.24) is 4.90 Å². The average Bonchev–Trinajstić information content (AvgIpc) is 2.88. The van der Waals surface area contributed by atoms with Gasteiger partial charge in [-0.2, -0.15) is 0 Å². The third-order valence-corrected chi connectivity index (χ3v) is 3.08. The predicted molar refractivity (Wildman–Crippen MR) is 71.9 cm³/mol. The summed E-state index contributed by atoms with van der Waals surface area (Å²) in [6.07, 6.45) is 0.414. The first-order valence-corrected chi connectivity index (χ1v) is 6.31. The summed E-state index contributed by atoms with van der Waals surface area (Å²) in [7, 11) is 3.17. The third kappa shape index (κ3) is 3.54. The molecule has 0 bridgehead atoms. The fourth-order valence-electron chi connectivity index (χ4n) is 1.98. The number of benzene rings is 1. The van der Waals surface area contributed by atoms with Gasteiger partial charge in [0.25, 0.3) is 0 Å². The Morgan fingerprint density at radius 2 is 2.20 bits per heavy atom. The summed E-state index contributed by atoms with van der Waals surface area (Å²) >= 11 is 0. The lowest BCUT2D eigenvalue weighted by atomic mass is 10.0. The molecule has 108 valence electrons. The minimum Gasteiger partial charge on any atom is -0.390 e. The van der Waals surface area contributed by atoms with Gasteiger partial charge in [0, 0.05) is 20.6 Å². The van der Waals surface area contributed by atoms with Gasteiger partial charge in [0.05, 0.1) is 12.3 Å². The number of rotatable bonds is 5. The second-order valence-electron chi connectivity index (χ2n) is 4.68. The van der Waals surface area contributed by atoms with E-state index in [9.17, 15) is 9.18 Å². The van der Waals surface area contributed by atoms with Crippen molar-refractivity contribution in [3.63, 3.8) is 0 Å². The summed E-state index contributed by atoms with van der Waals surface area (Å²) in [5.41, 5.74) is 1.60. The van der Waals surface area contributed by atoms with Crippen molar-refractivity contribution in [3.05, 3.63) is 35.6 Å². The highest BCUT2D eigenvalue weighted by molar-refractivity contribution is 6.01. The maximum atomic E-state index is 12.9. The topological polar surface area (TPSA) is 51.1 Å². The van der Waals surface area contributed by atoms with E-state index >= 15 is 0 Å². The van der Waals surface area contributed by atoms with Gasteiger partial charge in [0.15, 0.2) is 6.10 Å². The first-order chi connectivity index (χ1) is 9.60. The predicted octanol–water partition coefficient (Wildman–Crippen LogP) is 1.42. The fraction of sp³-hybridized carbons (Fsp3) is 0.429. The van der Waals surface area contributed by atoms with E-state index in [0.717, 1.165) is 11.3 Å². The Kier molecular flexibility index (Phi) is 4.68. The van der Waals surface area contributed by atoms with Crippen LogP contribution in [-0.4, -0.2) is 49.9 Å². The lowest BCUT2D eigenvalue weighted by molar-refractivity contribution is -0.135. The van der Waals surface area contributed by atoms with Crippen LogP contribution < -0.4 is 0 Å². The van der Waals surface area contributed by atoms with Crippen molar-refractivity contribution < 1.29 is 18.8 Å². The average molecular weight is 280 g/mol. The van der Waals surface area contributed by atoms with Gasteiger partial charge in [-0.1, -0.05) is 17.3 Å². The smallest absolute Gasteiger partial charge is 0.248 e. The van der Waals surface area contributed by atoms with Gasteiger partial charge in [-0.05, 0) is 17.7 Å². The molecule has 0 N–H and O–H groups in total. The molecule has 1 aliphatic rings. The zero-order chi connectivity index (χ0) is 14.5. The number of ether oxygens (including phenoxy) is 1. The van der Waals surface area contributed by atoms with Crippen LogP contribution in [0.3, 0.4) is 0 Å². The molecule has 0 saturated carbocycles. The molecule has 0 aliphatic carbocycles. The second kappa shape index (κ2) is 6.47. The standard InChI is InChI=1S/C14H17FN2O3/c1-17(14(18)9-19-2)8-12-7-13(16-20-12)10-3-5-11(15)6-4-10/h3-6,12H,7-9H2,1-2H3/t12-/m1/s1. The summed E-state index contributed by atoms with van der Waals surface area (Å²) in [6.45, 7) is 0.491. The summed E-state index contributed by atoms with van der Waals surface area (Å²) < 4.78 is 17.7. The number of likely N-dealkylation sites (N-methyl/N-ethyl adjacent to an activating group) is 1. The number of carbonyl (C=O) groups is 1. The summed E-state index contributed by atoms with van der Waals surface area (Å²) in [4.78, 5) is 18.4. The summed E-state index contributed by atoms with van der Waals surface area (Å²) in [6, 6.07) is 6.11. The number of nitrogens with zero attached hydrogens (tertiary/aromatic N) is 2. The lowest BCUT2D eigenvalue weighted by Crippen LogP contribution is -2.36. The lowest BCUT2D eigenvalue weighted by Gasteiger charge is -2.19. The molecule has 1 heterocycles. The van der Waals surface area contributed by atoms with E-state index in [1.807, 2.05) is 0 Å². The van der Waals surface area contributed by atoms with Crippen LogP contribution >= 0.6 is 0 Å². The van der Waals surface area contributed by atoms with Crippen LogP contribution in [0, 0.1) is 5.82 Å². The fourth-order valence-corrected chi connectivity index (χ4v) is 1.98. The Labute approximate surface area is 117 Å². The molecule has 5 nitrogen and oxygen atoms in total. The molecule has 0 aromatic heterocycles. The molecule has 2 rings (SSSR count). The Morgan fingerprint density at radius 1 is 1.50 bits per heavy atom. The Morgan fingerprint density at radius 3 is 2.85 bits per heavy atom. The molecular weight excluding hydrogens is 263 g/mol. The molecule has 0 saturated heterocycles. The van der Waals surface area contributed by atoms with Crippen LogP contribution in [0.5, 0.6) is 0 Å². The molecule has 20 heavy (non-hydrogen) atoms. The first kappa shape index (κ1) is 14.5. The Balaban J connectivity index is 1.88. The molecule has 0 spiro atoms. The number of carbonyl (C=O) groups excluding carboxylic acids is 1. The van der Waals surface area contributed by atoms with Crippen LogP contribution in [0.15, 0.2) is 29.4 Å². The van der Waals surface area contributed by atoms with Crippen molar-refractivity contribution in [1.29, 1.82) is 0 Å². The van der Waals surface area contributed by atoms with Gasteiger partial charge < -0.3 is 14.5 Å². The van der Waals surface area contributed by atoms with E-state index in [-0.39, 0.29) is 24.4 Å². The Hall–Kier alpha value is -1.95. The second-order valence-corrected chi connectivity index (χ2v) is 4.68. The van der Waals surface area contributed by atoms with Crippen LogP contribution in [-0.2, 0) is 14.4 Å². The van der Waals surface area contributed by atoms with E-state index in [1.165, 1.54) is 19.2 Å². The van der Waals surface area contributed by atoms with E-state index < -0.39 is 0 Å². The minimum atomic E-state index is -0.283. The van der Waals surface area contributed by atoms with E-state index in [0.29, 0.717) is 13.0 Å². The van der Waals surface area contributed by atoms with Gasteiger partial charge >= 0.3 is 0 Å². The molecule has 1 aromatic carbocycles. The van der Waals surface area contributed by atoms with Crippen molar-refractivity contribution in [2.75, 3.05) is 27.3 Å².